The fourth-order valence-corrected chi connectivity index (χ4v) is 3.28. The van der Waals surface area contributed by atoms with Gasteiger partial charge in [-0.2, -0.15) is 0 Å². The topological polar surface area (TPSA) is 66.0 Å². The number of benzene rings is 1. The molecule has 2 aliphatic rings. The van der Waals surface area contributed by atoms with Crippen molar-refractivity contribution >= 4 is 35.8 Å². The van der Waals surface area contributed by atoms with Gasteiger partial charge in [-0.3, -0.25) is 4.79 Å². The molecule has 1 saturated heterocycles. The Morgan fingerprint density at radius 1 is 1.27 bits per heavy atom. The number of rotatable bonds is 6. The van der Waals surface area contributed by atoms with Crippen LogP contribution in [0.5, 0.6) is 5.75 Å². The van der Waals surface area contributed by atoms with Gasteiger partial charge >= 0.3 is 0 Å². The molecule has 2 heterocycles. The molecule has 2 N–H and O–H groups in total. The number of guanidine groups is 1. The molecule has 3 rings (SSSR count). The van der Waals surface area contributed by atoms with E-state index in [1.54, 1.807) is 0 Å². The average molecular weight is 472 g/mol. The van der Waals surface area contributed by atoms with E-state index >= 15 is 0 Å². The molecule has 1 aromatic carbocycles. The van der Waals surface area contributed by atoms with Crippen LogP contribution in [0.15, 0.2) is 23.2 Å². The molecule has 0 unspecified atom stereocenters. The number of fused-ring (bicyclic) bond motifs is 1. The van der Waals surface area contributed by atoms with Crippen molar-refractivity contribution in [1.29, 1.82) is 0 Å². The van der Waals surface area contributed by atoms with Crippen LogP contribution in [0.2, 0.25) is 0 Å². The lowest BCUT2D eigenvalue weighted by atomic mass is 10.1. The number of aliphatic imine (C=N–C) groups is 1. The van der Waals surface area contributed by atoms with Crippen molar-refractivity contribution in [3.05, 3.63) is 29.3 Å². The van der Waals surface area contributed by atoms with E-state index in [0.29, 0.717) is 5.96 Å². The second-order valence-electron chi connectivity index (χ2n) is 6.50. The molecular weight excluding hydrogens is 443 g/mol. The molecule has 2 aliphatic heterocycles. The summed E-state index contributed by atoms with van der Waals surface area (Å²) in [7, 11) is 0. The number of amides is 1. The monoisotopic (exact) mass is 472 g/mol. The Kier molecular flexibility index (Phi) is 8.47. The predicted octanol–water partition coefficient (Wildman–Crippen LogP) is 1.96. The maximum atomic E-state index is 12.1. The number of hydrogen-bond acceptors (Lipinski definition) is 3. The molecule has 0 atom stereocenters. The molecule has 7 heteroatoms. The minimum absolute atomic E-state index is 0. The molecule has 1 fully saturated rings. The number of carbonyl (C=O) groups is 1. The van der Waals surface area contributed by atoms with Gasteiger partial charge in [-0.1, -0.05) is 12.1 Å². The molecule has 6 nitrogen and oxygen atoms in total. The third-order valence-electron chi connectivity index (χ3n) is 4.64. The first-order valence-corrected chi connectivity index (χ1v) is 9.31. The van der Waals surface area contributed by atoms with Gasteiger partial charge in [0, 0.05) is 32.6 Å². The third-order valence-corrected chi connectivity index (χ3v) is 4.64. The van der Waals surface area contributed by atoms with Crippen LogP contribution in [-0.4, -0.2) is 56.1 Å². The highest BCUT2D eigenvalue weighted by Gasteiger charge is 2.17. The Morgan fingerprint density at radius 2 is 2.08 bits per heavy atom. The van der Waals surface area contributed by atoms with Crippen LogP contribution in [-0.2, 0) is 17.6 Å². The van der Waals surface area contributed by atoms with Crippen LogP contribution < -0.4 is 15.4 Å². The molecule has 0 radical (unpaired) electrons. The van der Waals surface area contributed by atoms with E-state index in [1.165, 1.54) is 11.1 Å². The highest BCUT2D eigenvalue weighted by Crippen LogP contribution is 2.25. The quantitative estimate of drug-likeness (QED) is 0.378. The van der Waals surface area contributed by atoms with Crippen molar-refractivity contribution in [2.45, 2.75) is 32.6 Å². The standard InChI is InChI=1S/C19H28N4O2.HI/c1-2-20-19(22-14-18(24)23-10-3-4-11-23)21-9-7-15-5-6-17-16(13-15)8-12-25-17;/h5-6,13H,2-4,7-12,14H2,1H3,(H2,20,21,22);1H. The number of nitrogens with one attached hydrogen (secondary N) is 2. The van der Waals surface area contributed by atoms with Gasteiger partial charge in [-0.05, 0) is 43.4 Å². The molecule has 0 saturated carbocycles. The normalized spacial score (nSPS) is 15.9. The maximum Gasteiger partial charge on any atom is 0.244 e. The SMILES string of the molecule is CCNC(=NCC(=O)N1CCCC1)NCCc1ccc2c(c1)CCO2.I. The number of nitrogens with zero attached hydrogens (tertiary/aromatic N) is 2. The molecular formula is C19H29IN4O2. The van der Waals surface area contributed by atoms with Crippen molar-refractivity contribution < 1.29 is 9.53 Å². The second-order valence-corrected chi connectivity index (χ2v) is 6.50. The van der Waals surface area contributed by atoms with E-state index < -0.39 is 0 Å². The Balaban J connectivity index is 0.00000243. The summed E-state index contributed by atoms with van der Waals surface area (Å²) in [5.41, 5.74) is 2.59. The summed E-state index contributed by atoms with van der Waals surface area (Å²) in [5.74, 6) is 1.85. The van der Waals surface area contributed by atoms with Gasteiger partial charge in [0.05, 0.1) is 6.61 Å². The molecule has 1 amide bonds. The zero-order valence-electron chi connectivity index (χ0n) is 15.4. The van der Waals surface area contributed by atoms with E-state index in [1.807, 2.05) is 11.8 Å². The number of likely N-dealkylation sites (tertiary alicyclic amines) is 1. The molecule has 26 heavy (non-hydrogen) atoms. The van der Waals surface area contributed by atoms with Gasteiger partial charge in [-0.25, -0.2) is 4.99 Å². The average Bonchev–Trinajstić information content (AvgIpc) is 3.30. The van der Waals surface area contributed by atoms with Crippen molar-refractivity contribution in [1.82, 2.24) is 15.5 Å². The molecule has 0 aliphatic carbocycles. The van der Waals surface area contributed by atoms with Crippen molar-refractivity contribution in [3.8, 4) is 5.75 Å². The summed E-state index contributed by atoms with van der Waals surface area (Å²) in [5, 5.41) is 6.52. The van der Waals surface area contributed by atoms with E-state index in [0.717, 1.165) is 64.2 Å². The molecule has 144 valence electrons. The van der Waals surface area contributed by atoms with Crippen LogP contribution >= 0.6 is 24.0 Å². The fraction of sp³-hybridized carbons (Fsp3) is 0.579. The van der Waals surface area contributed by atoms with Crippen LogP contribution in [0.25, 0.3) is 0 Å². The smallest absolute Gasteiger partial charge is 0.244 e. The van der Waals surface area contributed by atoms with Gasteiger partial charge in [0.25, 0.3) is 0 Å². The minimum atomic E-state index is 0. The number of carbonyl (C=O) groups excluding carboxylic acids is 1. The summed E-state index contributed by atoms with van der Waals surface area (Å²) in [6.45, 7) is 6.34. The predicted molar refractivity (Wildman–Crippen MR) is 115 cm³/mol. The summed E-state index contributed by atoms with van der Waals surface area (Å²) in [6, 6.07) is 6.41. The van der Waals surface area contributed by atoms with Crippen molar-refractivity contribution in [3.63, 3.8) is 0 Å². The zero-order valence-corrected chi connectivity index (χ0v) is 17.8. The number of hydrogen-bond donors (Lipinski definition) is 2. The van der Waals surface area contributed by atoms with E-state index in [9.17, 15) is 4.79 Å². The highest BCUT2D eigenvalue weighted by molar-refractivity contribution is 14.0. The van der Waals surface area contributed by atoms with E-state index in [2.05, 4.69) is 33.8 Å². The lowest BCUT2D eigenvalue weighted by molar-refractivity contribution is -0.128. The third kappa shape index (κ3) is 5.75. The molecule has 1 aromatic rings. The lowest BCUT2D eigenvalue weighted by Gasteiger charge is -2.15. The second kappa shape index (κ2) is 10.6. The lowest BCUT2D eigenvalue weighted by Crippen LogP contribution is -2.39. The molecule has 0 aromatic heterocycles. The van der Waals surface area contributed by atoms with Gasteiger partial charge in [0.1, 0.15) is 12.3 Å². The zero-order chi connectivity index (χ0) is 17.5. The maximum absolute atomic E-state index is 12.1. The highest BCUT2D eigenvalue weighted by atomic mass is 127. The Labute approximate surface area is 172 Å². The van der Waals surface area contributed by atoms with Crippen LogP contribution in [0.1, 0.15) is 30.9 Å². The first-order chi connectivity index (χ1) is 12.3. The van der Waals surface area contributed by atoms with Gasteiger partial charge in [-0.15, -0.1) is 24.0 Å². The fourth-order valence-electron chi connectivity index (χ4n) is 3.28. The minimum Gasteiger partial charge on any atom is -0.493 e. The first kappa shape index (κ1) is 20.8. The first-order valence-electron chi connectivity index (χ1n) is 9.31. The largest absolute Gasteiger partial charge is 0.493 e. The van der Waals surface area contributed by atoms with Crippen LogP contribution in [0.4, 0.5) is 0 Å². The van der Waals surface area contributed by atoms with Gasteiger partial charge in [0.15, 0.2) is 5.96 Å². The summed E-state index contributed by atoms with van der Waals surface area (Å²) in [4.78, 5) is 18.4. The van der Waals surface area contributed by atoms with Crippen molar-refractivity contribution in [2.75, 3.05) is 39.3 Å². The van der Waals surface area contributed by atoms with Crippen LogP contribution in [0, 0.1) is 0 Å². The number of ether oxygens (including phenoxy) is 1. The van der Waals surface area contributed by atoms with Crippen molar-refractivity contribution in [2.24, 2.45) is 4.99 Å². The van der Waals surface area contributed by atoms with E-state index in [-0.39, 0.29) is 36.4 Å². The van der Waals surface area contributed by atoms with Crippen LogP contribution in [0.3, 0.4) is 0 Å². The molecule has 0 bridgehead atoms. The summed E-state index contributed by atoms with van der Waals surface area (Å²) >= 11 is 0. The number of halogens is 1. The van der Waals surface area contributed by atoms with Gasteiger partial charge < -0.3 is 20.3 Å². The summed E-state index contributed by atoms with van der Waals surface area (Å²) in [6.07, 6.45) is 4.14. The Hall–Kier alpha value is -1.51. The van der Waals surface area contributed by atoms with E-state index in [4.69, 9.17) is 4.74 Å². The molecule has 0 spiro atoms. The Morgan fingerprint density at radius 3 is 2.85 bits per heavy atom. The Bertz CT molecular complexity index is 630. The van der Waals surface area contributed by atoms with Gasteiger partial charge in [0.2, 0.25) is 5.91 Å². The summed E-state index contributed by atoms with van der Waals surface area (Å²) < 4.78 is 5.54.